The lowest BCUT2D eigenvalue weighted by molar-refractivity contribution is 0.737. The number of rotatable bonds is 4. The third-order valence-electron chi connectivity index (χ3n) is 5.68. The summed E-state index contributed by atoms with van der Waals surface area (Å²) in [5.74, 6) is 0. The average molecular weight is 337 g/mol. The first-order chi connectivity index (χ1) is 12.9. The van der Waals surface area contributed by atoms with Gasteiger partial charge in [-0.2, -0.15) is 0 Å². The molecule has 0 amide bonds. The highest BCUT2D eigenvalue weighted by Gasteiger charge is 2.33. The monoisotopic (exact) mass is 337 g/mol. The van der Waals surface area contributed by atoms with E-state index in [2.05, 4.69) is 90.4 Å². The van der Waals surface area contributed by atoms with Gasteiger partial charge in [0.15, 0.2) is 0 Å². The van der Waals surface area contributed by atoms with E-state index in [0.29, 0.717) is 0 Å². The van der Waals surface area contributed by atoms with Crippen LogP contribution in [0.15, 0.2) is 78.9 Å². The predicted molar refractivity (Wildman–Crippen MR) is 110 cm³/mol. The third-order valence-corrected chi connectivity index (χ3v) is 5.68. The number of aromatic nitrogens is 1. The van der Waals surface area contributed by atoms with Crippen LogP contribution in [0.25, 0.3) is 22.2 Å². The van der Waals surface area contributed by atoms with Crippen molar-refractivity contribution < 1.29 is 0 Å². The SMILES string of the molecule is CCCCc1c2n(c3ccccc13)C(c1ccccc1)c1ccccc1-2. The van der Waals surface area contributed by atoms with Crippen LogP contribution < -0.4 is 0 Å². The molecule has 0 aliphatic carbocycles. The van der Waals surface area contributed by atoms with Crippen molar-refractivity contribution in [3.05, 3.63) is 95.6 Å². The summed E-state index contributed by atoms with van der Waals surface area (Å²) in [4.78, 5) is 0. The molecule has 0 fully saturated rings. The molecule has 1 aliphatic heterocycles. The van der Waals surface area contributed by atoms with Crippen LogP contribution in [0.5, 0.6) is 0 Å². The molecule has 0 saturated heterocycles. The minimum atomic E-state index is 0.266. The summed E-state index contributed by atoms with van der Waals surface area (Å²) in [5, 5.41) is 1.42. The van der Waals surface area contributed by atoms with Crippen molar-refractivity contribution >= 4 is 10.9 Å². The number of fused-ring (bicyclic) bond motifs is 5. The standard InChI is InChI=1S/C25H23N/c1-2-3-13-20-19-14-9-10-17-23(19)26-24(18-11-5-4-6-12-18)21-15-7-8-16-22(21)25(20)26/h4-12,14-17,24H,2-3,13H2,1H3. The van der Waals surface area contributed by atoms with Gasteiger partial charge in [-0.1, -0.05) is 86.1 Å². The van der Waals surface area contributed by atoms with Crippen molar-refractivity contribution in [1.29, 1.82) is 0 Å². The highest BCUT2D eigenvalue weighted by molar-refractivity contribution is 5.95. The molecule has 4 aromatic rings. The van der Waals surface area contributed by atoms with Gasteiger partial charge in [0.25, 0.3) is 0 Å². The number of unbranched alkanes of at least 4 members (excludes halogenated alkanes) is 1. The van der Waals surface area contributed by atoms with Gasteiger partial charge in [0.2, 0.25) is 0 Å². The highest BCUT2D eigenvalue weighted by atomic mass is 15.1. The molecule has 1 aliphatic rings. The van der Waals surface area contributed by atoms with Crippen LogP contribution in [-0.4, -0.2) is 4.57 Å². The van der Waals surface area contributed by atoms with Crippen molar-refractivity contribution in [2.45, 2.75) is 32.2 Å². The van der Waals surface area contributed by atoms with E-state index in [1.807, 2.05) is 0 Å². The highest BCUT2D eigenvalue weighted by Crippen LogP contribution is 2.49. The second-order valence-corrected chi connectivity index (χ2v) is 7.22. The molecule has 0 radical (unpaired) electrons. The second-order valence-electron chi connectivity index (χ2n) is 7.22. The Kier molecular flexibility index (Phi) is 3.67. The summed E-state index contributed by atoms with van der Waals surface area (Å²) in [6, 6.07) is 29.1. The van der Waals surface area contributed by atoms with Crippen LogP contribution >= 0.6 is 0 Å². The van der Waals surface area contributed by atoms with Gasteiger partial charge in [0, 0.05) is 16.5 Å². The van der Waals surface area contributed by atoms with Crippen molar-refractivity contribution in [2.24, 2.45) is 0 Å². The predicted octanol–water partition coefficient (Wildman–Crippen LogP) is 6.60. The maximum atomic E-state index is 2.58. The molecule has 1 nitrogen and oxygen atoms in total. The molecule has 5 rings (SSSR count). The Morgan fingerprint density at radius 2 is 1.54 bits per heavy atom. The van der Waals surface area contributed by atoms with Crippen LogP contribution in [0.4, 0.5) is 0 Å². The maximum Gasteiger partial charge on any atom is 0.0851 e. The zero-order valence-electron chi connectivity index (χ0n) is 15.2. The van der Waals surface area contributed by atoms with E-state index in [4.69, 9.17) is 0 Å². The molecule has 3 aromatic carbocycles. The Bertz CT molecular complexity index is 1070. The molecule has 1 aromatic heterocycles. The van der Waals surface area contributed by atoms with Crippen molar-refractivity contribution in [2.75, 3.05) is 0 Å². The van der Waals surface area contributed by atoms with Gasteiger partial charge in [-0.15, -0.1) is 0 Å². The Morgan fingerprint density at radius 1 is 0.808 bits per heavy atom. The first-order valence-corrected chi connectivity index (χ1v) is 9.66. The largest absolute Gasteiger partial charge is 0.328 e. The molecule has 0 saturated carbocycles. The lowest BCUT2D eigenvalue weighted by atomic mass is 9.94. The number of benzene rings is 3. The summed E-state index contributed by atoms with van der Waals surface area (Å²) in [6.07, 6.45) is 3.61. The van der Waals surface area contributed by atoms with E-state index in [1.54, 1.807) is 0 Å². The number of para-hydroxylation sites is 1. The summed E-state index contributed by atoms with van der Waals surface area (Å²) in [6.45, 7) is 2.28. The normalized spacial score (nSPS) is 15.2. The molecule has 1 atom stereocenters. The summed E-state index contributed by atoms with van der Waals surface area (Å²) in [7, 11) is 0. The van der Waals surface area contributed by atoms with Gasteiger partial charge in [-0.05, 0) is 35.6 Å². The fourth-order valence-electron chi connectivity index (χ4n) is 4.55. The number of nitrogens with zero attached hydrogens (tertiary/aromatic N) is 1. The Balaban J connectivity index is 1.86. The summed E-state index contributed by atoms with van der Waals surface area (Å²) >= 11 is 0. The molecule has 0 spiro atoms. The molecule has 1 heteroatoms. The lowest BCUT2D eigenvalue weighted by Crippen LogP contribution is -2.07. The zero-order chi connectivity index (χ0) is 17.5. The van der Waals surface area contributed by atoms with Gasteiger partial charge in [0.1, 0.15) is 0 Å². The molecular formula is C25H23N. The van der Waals surface area contributed by atoms with Crippen LogP contribution in [0.1, 0.15) is 42.5 Å². The molecule has 26 heavy (non-hydrogen) atoms. The van der Waals surface area contributed by atoms with Gasteiger partial charge < -0.3 is 4.57 Å². The quantitative estimate of drug-likeness (QED) is 0.348. The van der Waals surface area contributed by atoms with E-state index < -0.39 is 0 Å². The smallest absolute Gasteiger partial charge is 0.0851 e. The third kappa shape index (κ3) is 2.17. The fourth-order valence-corrected chi connectivity index (χ4v) is 4.55. The van der Waals surface area contributed by atoms with Crippen molar-refractivity contribution in [3.8, 4) is 11.3 Å². The topological polar surface area (TPSA) is 4.93 Å². The average Bonchev–Trinajstić information content (AvgIpc) is 3.20. The minimum absolute atomic E-state index is 0.266. The zero-order valence-corrected chi connectivity index (χ0v) is 15.2. The number of hydrogen-bond donors (Lipinski definition) is 0. The first kappa shape index (κ1) is 15.5. The fraction of sp³-hybridized carbons (Fsp3) is 0.200. The van der Waals surface area contributed by atoms with Crippen LogP contribution in [0.3, 0.4) is 0 Å². The molecule has 2 heterocycles. The second kappa shape index (κ2) is 6.17. The van der Waals surface area contributed by atoms with E-state index in [0.717, 1.165) is 6.42 Å². The van der Waals surface area contributed by atoms with Gasteiger partial charge in [0.05, 0.1) is 11.7 Å². The molecule has 128 valence electrons. The summed E-state index contributed by atoms with van der Waals surface area (Å²) in [5.41, 5.74) is 8.51. The van der Waals surface area contributed by atoms with Crippen molar-refractivity contribution in [3.63, 3.8) is 0 Å². The summed E-state index contributed by atoms with van der Waals surface area (Å²) < 4.78 is 2.58. The number of aryl methyl sites for hydroxylation is 1. The van der Waals surface area contributed by atoms with E-state index in [1.165, 1.54) is 51.7 Å². The number of hydrogen-bond acceptors (Lipinski definition) is 0. The van der Waals surface area contributed by atoms with Gasteiger partial charge in [-0.3, -0.25) is 0 Å². The maximum absolute atomic E-state index is 2.58. The lowest BCUT2D eigenvalue weighted by Gasteiger charge is -2.17. The molecule has 0 N–H and O–H groups in total. The van der Waals surface area contributed by atoms with Crippen LogP contribution in [0, 0.1) is 0 Å². The van der Waals surface area contributed by atoms with Crippen LogP contribution in [-0.2, 0) is 6.42 Å². The van der Waals surface area contributed by atoms with Gasteiger partial charge >= 0.3 is 0 Å². The Morgan fingerprint density at radius 3 is 2.38 bits per heavy atom. The van der Waals surface area contributed by atoms with Crippen molar-refractivity contribution in [1.82, 2.24) is 4.57 Å². The Labute approximate surface area is 154 Å². The molecular weight excluding hydrogens is 314 g/mol. The molecule has 1 unspecified atom stereocenters. The minimum Gasteiger partial charge on any atom is -0.328 e. The Hall–Kier alpha value is -2.80. The van der Waals surface area contributed by atoms with Crippen LogP contribution in [0.2, 0.25) is 0 Å². The molecule has 0 bridgehead atoms. The van der Waals surface area contributed by atoms with E-state index >= 15 is 0 Å². The van der Waals surface area contributed by atoms with E-state index in [-0.39, 0.29) is 6.04 Å². The van der Waals surface area contributed by atoms with Gasteiger partial charge in [-0.25, -0.2) is 0 Å². The first-order valence-electron chi connectivity index (χ1n) is 9.66. The van der Waals surface area contributed by atoms with E-state index in [9.17, 15) is 0 Å².